The molecule has 2 aromatic carbocycles. The van der Waals surface area contributed by atoms with Crippen LogP contribution in [-0.2, 0) is 4.74 Å². The molecule has 0 fully saturated rings. The molecule has 3 rings (SSSR count). The Hall–Kier alpha value is -3.69. The molecule has 0 aliphatic carbocycles. The summed E-state index contributed by atoms with van der Waals surface area (Å²) in [6, 6.07) is 11.6. The normalized spacial score (nSPS) is 10.4. The van der Waals surface area contributed by atoms with E-state index >= 15 is 0 Å². The number of halogens is 2. The van der Waals surface area contributed by atoms with Crippen LogP contribution in [0, 0.1) is 5.82 Å². The number of benzene rings is 2. The number of pyridine rings is 1. The van der Waals surface area contributed by atoms with Crippen molar-refractivity contribution in [3.05, 3.63) is 76.7 Å². The van der Waals surface area contributed by atoms with E-state index in [1.54, 1.807) is 24.3 Å². The van der Waals surface area contributed by atoms with E-state index in [-0.39, 0.29) is 34.3 Å². The molecule has 172 valence electrons. The fourth-order valence-corrected chi connectivity index (χ4v) is 3.00. The monoisotopic (exact) mass is 473 g/mol. The molecule has 0 unspecified atom stereocenters. The fourth-order valence-electron chi connectivity index (χ4n) is 2.85. The summed E-state index contributed by atoms with van der Waals surface area (Å²) in [5.41, 5.74) is 0.624. The van der Waals surface area contributed by atoms with Crippen molar-refractivity contribution >= 4 is 34.8 Å². The van der Waals surface area contributed by atoms with Crippen LogP contribution in [0.15, 0.2) is 54.7 Å². The van der Waals surface area contributed by atoms with E-state index in [1.165, 1.54) is 38.6 Å². The molecule has 0 spiro atoms. The minimum atomic E-state index is -0.763. The molecular formula is C23H21ClFN3O5. The number of anilines is 2. The maximum atomic E-state index is 14.1. The second-order valence-corrected chi connectivity index (χ2v) is 7.08. The van der Waals surface area contributed by atoms with Gasteiger partial charge in [-0.05, 0) is 48.5 Å². The molecular weight excluding hydrogens is 453 g/mol. The minimum absolute atomic E-state index is 0.160. The number of aromatic nitrogens is 1. The zero-order valence-electron chi connectivity index (χ0n) is 17.9. The zero-order chi connectivity index (χ0) is 23.8. The van der Waals surface area contributed by atoms with Crippen LogP contribution in [-0.4, -0.2) is 44.2 Å². The molecule has 1 heterocycles. The fraction of sp³-hybridized carbons (Fsp3) is 0.174. The van der Waals surface area contributed by atoms with E-state index in [0.29, 0.717) is 18.0 Å². The third-order valence-corrected chi connectivity index (χ3v) is 4.66. The lowest BCUT2D eigenvalue weighted by atomic mass is 10.1. The van der Waals surface area contributed by atoms with Crippen LogP contribution >= 0.6 is 11.6 Å². The first kappa shape index (κ1) is 24.0. The molecule has 2 amide bonds. The average molecular weight is 474 g/mol. The highest BCUT2D eigenvalue weighted by Gasteiger charge is 2.17. The number of rotatable bonds is 9. The lowest BCUT2D eigenvalue weighted by Crippen LogP contribution is -2.17. The average Bonchev–Trinajstić information content (AvgIpc) is 2.79. The third-order valence-electron chi connectivity index (χ3n) is 4.42. The molecule has 33 heavy (non-hydrogen) atoms. The van der Waals surface area contributed by atoms with Gasteiger partial charge in [-0.2, -0.15) is 0 Å². The van der Waals surface area contributed by atoms with E-state index < -0.39 is 17.6 Å². The largest absolute Gasteiger partial charge is 0.495 e. The van der Waals surface area contributed by atoms with Crippen molar-refractivity contribution in [2.24, 2.45) is 0 Å². The Morgan fingerprint density at radius 2 is 1.79 bits per heavy atom. The highest BCUT2D eigenvalue weighted by atomic mass is 35.5. The van der Waals surface area contributed by atoms with Crippen molar-refractivity contribution < 1.29 is 28.2 Å². The van der Waals surface area contributed by atoms with E-state index in [4.69, 9.17) is 25.8 Å². The minimum Gasteiger partial charge on any atom is -0.495 e. The number of nitrogens with one attached hydrogen (secondary N) is 2. The maximum Gasteiger partial charge on any atom is 0.261 e. The van der Waals surface area contributed by atoms with Crippen LogP contribution in [0.2, 0.25) is 5.02 Å². The molecule has 0 radical (unpaired) electrons. The topological polar surface area (TPSA) is 98.8 Å². The van der Waals surface area contributed by atoms with Crippen molar-refractivity contribution in [1.29, 1.82) is 0 Å². The second-order valence-electron chi connectivity index (χ2n) is 6.64. The van der Waals surface area contributed by atoms with Gasteiger partial charge in [-0.25, -0.2) is 9.37 Å². The van der Waals surface area contributed by atoms with Crippen LogP contribution in [0.1, 0.15) is 20.7 Å². The van der Waals surface area contributed by atoms with Gasteiger partial charge in [0.1, 0.15) is 23.7 Å². The van der Waals surface area contributed by atoms with E-state index in [9.17, 15) is 14.0 Å². The number of hydrogen-bond donors (Lipinski definition) is 2. The number of ether oxygens (including phenoxy) is 3. The number of amides is 2. The smallest absolute Gasteiger partial charge is 0.261 e. The Bertz CT molecular complexity index is 1160. The van der Waals surface area contributed by atoms with Gasteiger partial charge < -0.3 is 24.8 Å². The summed E-state index contributed by atoms with van der Waals surface area (Å²) < 4.78 is 29.8. The molecule has 0 bridgehead atoms. The van der Waals surface area contributed by atoms with Gasteiger partial charge in [0.25, 0.3) is 11.8 Å². The summed E-state index contributed by atoms with van der Waals surface area (Å²) >= 11 is 5.74. The Morgan fingerprint density at radius 1 is 1.00 bits per heavy atom. The van der Waals surface area contributed by atoms with Crippen molar-refractivity contribution in [2.45, 2.75) is 0 Å². The number of carbonyl (C=O) groups excluding carboxylic acids is 2. The van der Waals surface area contributed by atoms with Crippen molar-refractivity contribution in [3.63, 3.8) is 0 Å². The van der Waals surface area contributed by atoms with Gasteiger partial charge in [-0.1, -0.05) is 11.6 Å². The predicted molar refractivity (Wildman–Crippen MR) is 122 cm³/mol. The maximum absolute atomic E-state index is 14.1. The van der Waals surface area contributed by atoms with Gasteiger partial charge in [-0.15, -0.1) is 0 Å². The lowest BCUT2D eigenvalue weighted by Gasteiger charge is -2.14. The van der Waals surface area contributed by atoms with Gasteiger partial charge >= 0.3 is 0 Å². The van der Waals surface area contributed by atoms with Crippen LogP contribution in [0.5, 0.6) is 11.6 Å². The second kappa shape index (κ2) is 11.3. The highest BCUT2D eigenvalue weighted by Crippen LogP contribution is 2.29. The standard InChI is InChI=1S/C23H21ClFN3O5/c1-31-10-11-33-23-17(4-3-9-26-23)22(30)27-15-6-8-20(32-2)19(13-15)28-21(29)16-7-5-14(24)12-18(16)25/h3-9,12-13H,10-11H2,1-2H3,(H,27,30)(H,28,29). The van der Waals surface area contributed by atoms with Gasteiger partial charge in [0.2, 0.25) is 5.88 Å². The highest BCUT2D eigenvalue weighted by molar-refractivity contribution is 6.30. The molecule has 0 saturated heterocycles. The molecule has 0 saturated carbocycles. The Balaban J connectivity index is 1.80. The number of carbonyl (C=O) groups is 2. The molecule has 0 atom stereocenters. The van der Waals surface area contributed by atoms with Gasteiger partial charge in [0.05, 0.1) is 25.0 Å². The molecule has 0 aliphatic rings. The van der Waals surface area contributed by atoms with E-state index in [0.717, 1.165) is 6.07 Å². The quantitative estimate of drug-likeness (QED) is 0.446. The zero-order valence-corrected chi connectivity index (χ0v) is 18.6. The molecule has 0 aliphatic heterocycles. The van der Waals surface area contributed by atoms with Crippen LogP contribution in [0.25, 0.3) is 0 Å². The molecule has 10 heteroatoms. The Morgan fingerprint density at radius 3 is 2.52 bits per heavy atom. The first-order valence-electron chi connectivity index (χ1n) is 9.75. The predicted octanol–water partition coefficient (Wildman–Crippen LogP) is 4.41. The van der Waals surface area contributed by atoms with Crippen molar-refractivity contribution in [3.8, 4) is 11.6 Å². The van der Waals surface area contributed by atoms with Crippen LogP contribution < -0.4 is 20.1 Å². The Kier molecular flexibility index (Phi) is 8.17. The molecule has 2 N–H and O–H groups in total. The summed E-state index contributed by atoms with van der Waals surface area (Å²) in [4.78, 5) is 29.5. The SMILES string of the molecule is COCCOc1ncccc1C(=O)Nc1ccc(OC)c(NC(=O)c2ccc(Cl)cc2F)c1. The summed E-state index contributed by atoms with van der Waals surface area (Å²) in [7, 11) is 2.96. The molecule has 8 nitrogen and oxygen atoms in total. The number of methoxy groups -OCH3 is 2. The van der Waals surface area contributed by atoms with Crippen LogP contribution in [0.3, 0.4) is 0 Å². The molecule has 1 aromatic heterocycles. The van der Waals surface area contributed by atoms with E-state index in [2.05, 4.69) is 15.6 Å². The van der Waals surface area contributed by atoms with Crippen LogP contribution in [0.4, 0.5) is 15.8 Å². The number of hydrogen-bond acceptors (Lipinski definition) is 6. The van der Waals surface area contributed by atoms with E-state index in [1.807, 2.05) is 0 Å². The third kappa shape index (κ3) is 6.18. The number of nitrogens with zero attached hydrogens (tertiary/aromatic N) is 1. The lowest BCUT2D eigenvalue weighted by molar-refractivity contribution is 0.101. The van der Waals surface area contributed by atoms with Gasteiger partial charge in [0.15, 0.2) is 0 Å². The summed E-state index contributed by atoms with van der Waals surface area (Å²) in [5, 5.41) is 5.49. The molecule has 3 aromatic rings. The Labute approximate surface area is 194 Å². The first-order chi connectivity index (χ1) is 15.9. The van der Waals surface area contributed by atoms with Crippen molar-refractivity contribution in [2.75, 3.05) is 38.1 Å². The van der Waals surface area contributed by atoms with Crippen molar-refractivity contribution in [1.82, 2.24) is 4.98 Å². The summed E-state index contributed by atoms with van der Waals surface area (Å²) in [6.07, 6.45) is 1.51. The first-order valence-corrected chi connectivity index (χ1v) is 10.1. The van der Waals surface area contributed by atoms with Gasteiger partial charge in [-0.3, -0.25) is 9.59 Å². The summed E-state index contributed by atoms with van der Waals surface area (Å²) in [5.74, 6) is -1.46. The van der Waals surface area contributed by atoms with Gasteiger partial charge in [0, 0.05) is 24.0 Å². The summed E-state index contributed by atoms with van der Waals surface area (Å²) in [6.45, 7) is 0.571.